The summed E-state index contributed by atoms with van der Waals surface area (Å²) in [6, 6.07) is 0. The molecule has 0 radical (unpaired) electrons. The Morgan fingerprint density at radius 2 is 2.21 bits per heavy atom. The van der Waals surface area contributed by atoms with Crippen molar-refractivity contribution in [1.29, 1.82) is 0 Å². The molecule has 0 bridgehead atoms. The highest BCUT2D eigenvalue weighted by Gasteiger charge is 2.43. The Kier molecular flexibility index (Phi) is 9.80. The highest BCUT2D eigenvalue weighted by atomic mass is 16.6. The molecular formula is C18H29NO5. The van der Waals surface area contributed by atoms with Crippen LogP contribution in [-0.4, -0.2) is 37.1 Å². The lowest BCUT2D eigenvalue weighted by Gasteiger charge is -2.37. The second-order valence-electron chi connectivity index (χ2n) is 6.14. The summed E-state index contributed by atoms with van der Waals surface area (Å²) in [5.41, 5.74) is 0. The number of rotatable bonds is 14. The maximum absolute atomic E-state index is 11.7. The monoisotopic (exact) mass is 339 g/mol. The quantitative estimate of drug-likeness (QED) is 0.228. The summed E-state index contributed by atoms with van der Waals surface area (Å²) in [6.07, 6.45) is 8.86. The third kappa shape index (κ3) is 7.15. The number of hydrogen-bond donors (Lipinski definition) is 1. The molecule has 136 valence electrons. The Hall–Kier alpha value is -1.85. The fourth-order valence-corrected chi connectivity index (χ4v) is 2.85. The third-order valence-corrected chi connectivity index (χ3v) is 4.20. The largest absolute Gasteiger partial charge is 0.461 e. The molecule has 1 aliphatic rings. The van der Waals surface area contributed by atoms with Crippen LogP contribution < -0.4 is 5.32 Å². The summed E-state index contributed by atoms with van der Waals surface area (Å²) in [6.45, 7) is 5.67. The summed E-state index contributed by atoms with van der Waals surface area (Å²) >= 11 is 0. The molecule has 6 nitrogen and oxygen atoms in total. The molecule has 0 saturated carbocycles. The molecule has 6 heteroatoms. The van der Waals surface area contributed by atoms with Crippen LogP contribution in [0.3, 0.4) is 0 Å². The molecule has 0 aromatic rings. The van der Waals surface area contributed by atoms with E-state index in [0.717, 1.165) is 25.7 Å². The average molecular weight is 339 g/mol. The first-order valence-corrected chi connectivity index (χ1v) is 8.80. The van der Waals surface area contributed by atoms with E-state index in [4.69, 9.17) is 9.47 Å². The molecule has 1 fully saturated rings. The standard InChI is InChI=1S/C18H29NO5/c1-3-5-7-8-10-15-16(24-18(15)22)11-14(9-6-4-2)23-17(21)12-19-13-20/h4,13-16H,2-3,5-12H2,1H3,(H,19,20)/t14?,15-,16-/m0/s1. The highest BCUT2D eigenvalue weighted by Crippen LogP contribution is 2.32. The van der Waals surface area contributed by atoms with Gasteiger partial charge in [-0.15, -0.1) is 6.58 Å². The summed E-state index contributed by atoms with van der Waals surface area (Å²) in [5.74, 6) is -0.714. The van der Waals surface area contributed by atoms with E-state index in [-0.39, 0.29) is 30.6 Å². The zero-order valence-corrected chi connectivity index (χ0v) is 14.5. The van der Waals surface area contributed by atoms with Crippen LogP contribution in [0.2, 0.25) is 0 Å². The van der Waals surface area contributed by atoms with E-state index in [0.29, 0.717) is 25.7 Å². The Morgan fingerprint density at radius 3 is 2.83 bits per heavy atom. The number of cyclic esters (lactones) is 1. The van der Waals surface area contributed by atoms with Gasteiger partial charge in [-0.1, -0.05) is 38.7 Å². The summed E-state index contributed by atoms with van der Waals surface area (Å²) in [4.78, 5) is 33.6. The van der Waals surface area contributed by atoms with Gasteiger partial charge in [0.1, 0.15) is 18.8 Å². The number of hydrogen-bond acceptors (Lipinski definition) is 5. The molecule has 1 rings (SSSR count). The maximum atomic E-state index is 11.7. The van der Waals surface area contributed by atoms with Crippen LogP contribution in [0, 0.1) is 5.92 Å². The van der Waals surface area contributed by atoms with E-state index in [1.165, 1.54) is 6.42 Å². The number of allylic oxidation sites excluding steroid dienone is 1. The van der Waals surface area contributed by atoms with Crippen molar-refractivity contribution in [2.45, 2.75) is 70.5 Å². The molecule has 1 amide bonds. The molecular weight excluding hydrogens is 310 g/mol. The lowest BCUT2D eigenvalue weighted by molar-refractivity contribution is -0.190. The van der Waals surface area contributed by atoms with Gasteiger partial charge in [0.2, 0.25) is 6.41 Å². The van der Waals surface area contributed by atoms with E-state index < -0.39 is 5.97 Å². The molecule has 1 heterocycles. The van der Waals surface area contributed by atoms with Gasteiger partial charge < -0.3 is 14.8 Å². The zero-order chi connectivity index (χ0) is 17.8. The van der Waals surface area contributed by atoms with Crippen molar-refractivity contribution >= 4 is 18.3 Å². The van der Waals surface area contributed by atoms with Crippen molar-refractivity contribution in [3.63, 3.8) is 0 Å². The molecule has 1 N–H and O–H groups in total. The van der Waals surface area contributed by atoms with Crippen LogP contribution in [0.1, 0.15) is 58.3 Å². The van der Waals surface area contributed by atoms with Gasteiger partial charge in [-0.2, -0.15) is 0 Å². The summed E-state index contributed by atoms with van der Waals surface area (Å²) in [5, 5.41) is 2.29. The van der Waals surface area contributed by atoms with Crippen LogP contribution in [0.25, 0.3) is 0 Å². The molecule has 3 atom stereocenters. The minimum atomic E-state index is -0.485. The van der Waals surface area contributed by atoms with Crippen molar-refractivity contribution in [1.82, 2.24) is 5.32 Å². The number of carbonyl (C=O) groups is 3. The maximum Gasteiger partial charge on any atom is 0.325 e. The second kappa shape index (κ2) is 11.6. The fourth-order valence-electron chi connectivity index (χ4n) is 2.85. The first-order chi connectivity index (χ1) is 11.6. The number of esters is 2. The predicted molar refractivity (Wildman–Crippen MR) is 90.1 cm³/mol. The van der Waals surface area contributed by atoms with Crippen LogP contribution in [-0.2, 0) is 23.9 Å². The molecule has 1 saturated heterocycles. The van der Waals surface area contributed by atoms with Gasteiger partial charge in [0.25, 0.3) is 0 Å². The van der Waals surface area contributed by atoms with Crippen molar-refractivity contribution in [3.05, 3.63) is 12.7 Å². The zero-order valence-electron chi connectivity index (χ0n) is 14.5. The smallest absolute Gasteiger partial charge is 0.325 e. The van der Waals surface area contributed by atoms with Crippen LogP contribution >= 0.6 is 0 Å². The average Bonchev–Trinajstić information content (AvgIpc) is 2.57. The molecule has 0 spiro atoms. The molecule has 24 heavy (non-hydrogen) atoms. The minimum Gasteiger partial charge on any atom is -0.461 e. The van der Waals surface area contributed by atoms with Gasteiger partial charge in [0.05, 0.1) is 5.92 Å². The predicted octanol–water partition coefficient (Wildman–Crippen LogP) is 2.51. The highest BCUT2D eigenvalue weighted by molar-refractivity contribution is 5.78. The first-order valence-electron chi connectivity index (χ1n) is 8.80. The van der Waals surface area contributed by atoms with E-state index in [1.807, 2.05) is 0 Å². The van der Waals surface area contributed by atoms with Crippen molar-refractivity contribution in [2.75, 3.05) is 6.54 Å². The second-order valence-corrected chi connectivity index (χ2v) is 6.14. The lowest BCUT2D eigenvalue weighted by atomic mass is 9.86. The Balaban J connectivity index is 2.45. The molecule has 0 aliphatic carbocycles. The number of carbonyl (C=O) groups excluding carboxylic acids is 3. The molecule has 0 aromatic heterocycles. The number of amides is 1. The van der Waals surface area contributed by atoms with Crippen molar-refractivity contribution in [2.24, 2.45) is 5.92 Å². The molecule has 1 aliphatic heterocycles. The van der Waals surface area contributed by atoms with E-state index >= 15 is 0 Å². The Bertz CT molecular complexity index is 424. The summed E-state index contributed by atoms with van der Waals surface area (Å²) in [7, 11) is 0. The number of unbranched alkanes of at least 4 members (excludes halogenated alkanes) is 3. The number of nitrogens with one attached hydrogen (secondary N) is 1. The van der Waals surface area contributed by atoms with Crippen LogP contribution in [0.4, 0.5) is 0 Å². The molecule has 1 unspecified atom stereocenters. The van der Waals surface area contributed by atoms with Gasteiger partial charge in [0, 0.05) is 6.42 Å². The Labute approximate surface area is 144 Å². The van der Waals surface area contributed by atoms with Crippen molar-refractivity contribution < 1.29 is 23.9 Å². The van der Waals surface area contributed by atoms with E-state index in [2.05, 4.69) is 18.8 Å². The lowest BCUT2D eigenvalue weighted by Crippen LogP contribution is -2.47. The van der Waals surface area contributed by atoms with Crippen LogP contribution in [0.5, 0.6) is 0 Å². The minimum absolute atomic E-state index is 0.0834. The Morgan fingerprint density at radius 1 is 1.42 bits per heavy atom. The van der Waals surface area contributed by atoms with Gasteiger partial charge in [0.15, 0.2) is 0 Å². The normalized spacial score (nSPS) is 20.5. The van der Waals surface area contributed by atoms with Gasteiger partial charge in [-0.3, -0.25) is 14.4 Å². The fraction of sp³-hybridized carbons (Fsp3) is 0.722. The SMILES string of the molecule is C=CCCC(C[C@@H]1OC(=O)[C@H]1CCCCCC)OC(=O)CNC=O. The first kappa shape index (κ1) is 20.2. The van der Waals surface area contributed by atoms with E-state index in [1.54, 1.807) is 6.08 Å². The summed E-state index contributed by atoms with van der Waals surface area (Å²) < 4.78 is 10.6. The van der Waals surface area contributed by atoms with Gasteiger partial charge in [-0.25, -0.2) is 0 Å². The topological polar surface area (TPSA) is 81.7 Å². The number of ether oxygens (including phenoxy) is 2. The van der Waals surface area contributed by atoms with Crippen molar-refractivity contribution in [3.8, 4) is 0 Å². The van der Waals surface area contributed by atoms with Gasteiger partial charge in [-0.05, 0) is 19.3 Å². The molecule has 0 aromatic carbocycles. The third-order valence-electron chi connectivity index (χ3n) is 4.20. The van der Waals surface area contributed by atoms with Crippen LogP contribution in [0.15, 0.2) is 12.7 Å². The van der Waals surface area contributed by atoms with Gasteiger partial charge >= 0.3 is 11.9 Å². The van der Waals surface area contributed by atoms with E-state index in [9.17, 15) is 14.4 Å².